The van der Waals surface area contributed by atoms with Crippen LogP contribution < -0.4 is 15.0 Å². The lowest BCUT2D eigenvalue weighted by atomic mass is 10.0. The smallest absolute Gasteiger partial charge is 0.144 e. The van der Waals surface area contributed by atoms with E-state index in [0.29, 0.717) is 11.6 Å². The van der Waals surface area contributed by atoms with Gasteiger partial charge in [0.1, 0.15) is 11.4 Å². The van der Waals surface area contributed by atoms with E-state index in [0.717, 1.165) is 12.3 Å². The van der Waals surface area contributed by atoms with E-state index in [-0.39, 0.29) is 0 Å². The Hall–Kier alpha value is -1.38. The third-order valence-electron chi connectivity index (χ3n) is 3.92. The van der Waals surface area contributed by atoms with E-state index in [4.69, 9.17) is 4.74 Å². The lowest BCUT2D eigenvalue weighted by Crippen LogP contribution is -2.50. The van der Waals surface area contributed by atoms with Crippen LogP contribution in [0, 0.1) is 0 Å². The van der Waals surface area contributed by atoms with Gasteiger partial charge in [-0.2, -0.15) is 0 Å². The third-order valence-corrected chi connectivity index (χ3v) is 3.92. The van der Waals surface area contributed by atoms with Crippen LogP contribution in [0.2, 0.25) is 0 Å². The first-order chi connectivity index (χ1) is 8.18. The average Bonchev–Trinajstić information content (AvgIpc) is 3.08. The topological polar surface area (TPSA) is 24.5 Å². The molecular formula is C14H20N2O. The minimum atomic E-state index is 0.343. The molecule has 3 rings (SSSR count). The SMILES string of the molecule is COc1cccc2c1N(C(C)C)C1(CC1)CN2. The molecule has 2 aliphatic rings. The largest absolute Gasteiger partial charge is 0.495 e. The standard InChI is InChI=1S/C14H20N2O/c1-10(2)16-13-11(5-4-6-12(13)17-3)15-9-14(16)7-8-14/h4-6,10,15H,7-9H2,1-3H3. The highest BCUT2D eigenvalue weighted by Gasteiger charge is 2.52. The maximum Gasteiger partial charge on any atom is 0.144 e. The van der Waals surface area contributed by atoms with Gasteiger partial charge in [0, 0.05) is 12.6 Å². The first-order valence-corrected chi connectivity index (χ1v) is 6.38. The Balaban J connectivity index is 2.13. The summed E-state index contributed by atoms with van der Waals surface area (Å²) in [6.45, 7) is 5.59. The second-order valence-electron chi connectivity index (χ2n) is 5.40. The van der Waals surface area contributed by atoms with Gasteiger partial charge in [-0.15, -0.1) is 0 Å². The molecule has 3 heteroatoms. The van der Waals surface area contributed by atoms with Crippen LogP contribution in [-0.4, -0.2) is 25.2 Å². The van der Waals surface area contributed by atoms with Gasteiger partial charge in [-0.25, -0.2) is 0 Å². The predicted molar refractivity (Wildman–Crippen MR) is 71.1 cm³/mol. The second kappa shape index (κ2) is 3.56. The zero-order valence-electron chi connectivity index (χ0n) is 10.8. The number of hydrogen-bond donors (Lipinski definition) is 1. The Morgan fingerprint density at radius 2 is 2.12 bits per heavy atom. The molecular weight excluding hydrogens is 212 g/mol. The minimum Gasteiger partial charge on any atom is -0.495 e. The molecule has 1 aliphatic heterocycles. The quantitative estimate of drug-likeness (QED) is 0.848. The number of benzene rings is 1. The summed E-state index contributed by atoms with van der Waals surface area (Å²) >= 11 is 0. The monoisotopic (exact) mass is 232 g/mol. The fourth-order valence-corrected chi connectivity index (χ4v) is 3.03. The van der Waals surface area contributed by atoms with Gasteiger partial charge in [0.05, 0.1) is 18.3 Å². The molecule has 1 fully saturated rings. The fourth-order valence-electron chi connectivity index (χ4n) is 3.03. The molecule has 0 saturated heterocycles. The van der Waals surface area contributed by atoms with E-state index in [1.807, 2.05) is 6.07 Å². The number of hydrogen-bond acceptors (Lipinski definition) is 3. The van der Waals surface area contributed by atoms with Gasteiger partial charge >= 0.3 is 0 Å². The van der Waals surface area contributed by atoms with Crippen molar-refractivity contribution in [2.45, 2.75) is 38.3 Å². The Kier molecular flexibility index (Phi) is 2.25. The highest BCUT2D eigenvalue weighted by atomic mass is 16.5. The molecule has 1 N–H and O–H groups in total. The first kappa shape index (κ1) is 10.8. The summed E-state index contributed by atoms with van der Waals surface area (Å²) in [7, 11) is 1.75. The maximum absolute atomic E-state index is 5.53. The molecule has 17 heavy (non-hydrogen) atoms. The number of nitrogens with one attached hydrogen (secondary N) is 1. The van der Waals surface area contributed by atoms with E-state index in [1.165, 1.54) is 24.2 Å². The zero-order chi connectivity index (χ0) is 12.0. The normalized spacial score (nSPS) is 20.1. The molecule has 92 valence electrons. The van der Waals surface area contributed by atoms with Crippen LogP contribution in [0.5, 0.6) is 5.75 Å². The summed E-state index contributed by atoms with van der Waals surface area (Å²) in [6, 6.07) is 6.75. The highest BCUT2D eigenvalue weighted by molar-refractivity contribution is 5.81. The summed E-state index contributed by atoms with van der Waals surface area (Å²) in [5.74, 6) is 0.981. The molecule has 0 unspecified atom stereocenters. The number of fused-ring (bicyclic) bond motifs is 1. The first-order valence-electron chi connectivity index (χ1n) is 6.38. The molecule has 0 radical (unpaired) electrons. The van der Waals surface area contributed by atoms with Crippen molar-refractivity contribution in [3.8, 4) is 5.75 Å². The Morgan fingerprint density at radius 3 is 2.71 bits per heavy atom. The van der Waals surface area contributed by atoms with Gasteiger partial charge in [-0.3, -0.25) is 0 Å². The molecule has 0 aromatic heterocycles. The summed E-state index contributed by atoms with van der Waals surface area (Å²) in [5, 5.41) is 3.55. The molecule has 1 aliphatic carbocycles. The van der Waals surface area contributed by atoms with Crippen LogP contribution in [0.1, 0.15) is 26.7 Å². The lowest BCUT2D eigenvalue weighted by Gasteiger charge is -2.43. The van der Waals surface area contributed by atoms with E-state index in [1.54, 1.807) is 7.11 Å². The summed E-state index contributed by atoms with van der Waals surface area (Å²) in [4.78, 5) is 2.55. The molecule has 3 nitrogen and oxygen atoms in total. The van der Waals surface area contributed by atoms with Gasteiger partial charge in [-0.1, -0.05) is 6.07 Å². The van der Waals surface area contributed by atoms with Gasteiger partial charge < -0.3 is 15.0 Å². The van der Waals surface area contributed by atoms with Crippen molar-refractivity contribution in [3.05, 3.63) is 18.2 Å². The van der Waals surface area contributed by atoms with Crippen LogP contribution >= 0.6 is 0 Å². The molecule has 0 atom stereocenters. The molecule has 0 bridgehead atoms. The fraction of sp³-hybridized carbons (Fsp3) is 0.571. The summed E-state index contributed by atoms with van der Waals surface area (Å²) < 4.78 is 5.53. The maximum atomic E-state index is 5.53. The van der Waals surface area contributed by atoms with E-state index >= 15 is 0 Å². The molecule has 1 aromatic carbocycles. The highest BCUT2D eigenvalue weighted by Crippen LogP contribution is 2.53. The van der Waals surface area contributed by atoms with E-state index in [2.05, 4.69) is 36.2 Å². The minimum absolute atomic E-state index is 0.343. The van der Waals surface area contributed by atoms with E-state index < -0.39 is 0 Å². The Morgan fingerprint density at radius 1 is 1.35 bits per heavy atom. The summed E-state index contributed by atoms with van der Waals surface area (Å²) in [5.41, 5.74) is 2.79. The van der Waals surface area contributed by atoms with Crippen LogP contribution in [0.15, 0.2) is 18.2 Å². The van der Waals surface area contributed by atoms with Crippen molar-refractivity contribution in [1.29, 1.82) is 0 Å². The number of para-hydroxylation sites is 1. The lowest BCUT2D eigenvalue weighted by molar-refractivity contribution is 0.408. The average molecular weight is 232 g/mol. The van der Waals surface area contributed by atoms with Crippen molar-refractivity contribution in [2.75, 3.05) is 23.9 Å². The Labute approximate surface area is 103 Å². The van der Waals surface area contributed by atoms with Crippen molar-refractivity contribution in [3.63, 3.8) is 0 Å². The molecule has 0 amide bonds. The summed E-state index contributed by atoms with van der Waals surface area (Å²) in [6.07, 6.45) is 2.57. The number of nitrogens with zero attached hydrogens (tertiary/aromatic N) is 1. The van der Waals surface area contributed by atoms with Gasteiger partial charge in [0.25, 0.3) is 0 Å². The number of rotatable bonds is 2. The van der Waals surface area contributed by atoms with Crippen LogP contribution in [-0.2, 0) is 0 Å². The number of anilines is 2. The molecule has 1 heterocycles. The van der Waals surface area contributed by atoms with Crippen molar-refractivity contribution in [2.24, 2.45) is 0 Å². The zero-order valence-corrected chi connectivity index (χ0v) is 10.8. The second-order valence-corrected chi connectivity index (χ2v) is 5.40. The van der Waals surface area contributed by atoms with Crippen molar-refractivity contribution in [1.82, 2.24) is 0 Å². The molecule has 1 saturated carbocycles. The van der Waals surface area contributed by atoms with E-state index in [9.17, 15) is 0 Å². The number of ether oxygens (including phenoxy) is 1. The third kappa shape index (κ3) is 1.48. The van der Waals surface area contributed by atoms with Crippen molar-refractivity contribution < 1.29 is 4.74 Å². The molecule has 1 aromatic rings. The van der Waals surface area contributed by atoms with Crippen molar-refractivity contribution >= 4 is 11.4 Å². The predicted octanol–water partition coefficient (Wildman–Crippen LogP) is 2.87. The number of methoxy groups -OCH3 is 1. The van der Waals surface area contributed by atoms with Crippen LogP contribution in [0.3, 0.4) is 0 Å². The van der Waals surface area contributed by atoms with Gasteiger partial charge in [0.15, 0.2) is 0 Å². The van der Waals surface area contributed by atoms with Crippen LogP contribution in [0.4, 0.5) is 11.4 Å². The van der Waals surface area contributed by atoms with Gasteiger partial charge in [0.2, 0.25) is 0 Å². The van der Waals surface area contributed by atoms with Gasteiger partial charge in [-0.05, 0) is 38.8 Å². The Bertz CT molecular complexity index is 424. The van der Waals surface area contributed by atoms with Crippen LogP contribution in [0.25, 0.3) is 0 Å². The molecule has 1 spiro atoms.